The lowest BCUT2D eigenvalue weighted by Gasteiger charge is -2.34. The van der Waals surface area contributed by atoms with Crippen molar-refractivity contribution in [3.8, 4) is 0 Å². The smallest absolute Gasteiger partial charge is 0.256 e. The van der Waals surface area contributed by atoms with Crippen LogP contribution in [0.5, 0.6) is 0 Å². The number of halogens is 1. The van der Waals surface area contributed by atoms with Gasteiger partial charge in [0.1, 0.15) is 11.6 Å². The van der Waals surface area contributed by atoms with Gasteiger partial charge in [-0.3, -0.25) is 14.3 Å². The van der Waals surface area contributed by atoms with Gasteiger partial charge in [-0.25, -0.2) is 9.37 Å². The molecule has 0 saturated carbocycles. The van der Waals surface area contributed by atoms with E-state index in [1.165, 1.54) is 12.1 Å². The highest BCUT2D eigenvalue weighted by molar-refractivity contribution is 5.88. The second kappa shape index (κ2) is 8.42. The largest absolute Gasteiger partial charge is 0.354 e. The van der Waals surface area contributed by atoms with Crippen LogP contribution in [0.15, 0.2) is 27.5 Å². The average molecular weight is 426 g/mol. The van der Waals surface area contributed by atoms with Crippen molar-refractivity contribution in [1.82, 2.24) is 19.6 Å². The summed E-state index contributed by atoms with van der Waals surface area (Å²) in [5, 5.41) is 5.02. The molecule has 2 aromatic heterocycles. The van der Waals surface area contributed by atoms with Gasteiger partial charge >= 0.3 is 0 Å². The molecule has 1 saturated heterocycles. The van der Waals surface area contributed by atoms with Crippen LogP contribution in [0.3, 0.4) is 0 Å². The molecular formula is C23H28FN5O2. The highest BCUT2D eigenvalue weighted by Gasteiger charge is 2.22. The number of aromatic nitrogens is 3. The maximum atomic E-state index is 13.4. The van der Waals surface area contributed by atoms with E-state index in [-0.39, 0.29) is 11.4 Å². The van der Waals surface area contributed by atoms with E-state index in [9.17, 15) is 9.18 Å². The monoisotopic (exact) mass is 425 g/mol. The first-order chi connectivity index (χ1) is 15.1. The van der Waals surface area contributed by atoms with E-state index in [1.54, 1.807) is 6.07 Å². The molecule has 4 heterocycles. The van der Waals surface area contributed by atoms with Crippen molar-refractivity contribution in [3.63, 3.8) is 0 Å². The molecule has 8 heteroatoms. The minimum atomic E-state index is -0.316. The molecule has 0 N–H and O–H groups in total. The van der Waals surface area contributed by atoms with E-state index < -0.39 is 0 Å². The van der Waals surface area contributed by atoms with Gasteiger partial charge in [-0.1, -0.05) is 5.16 Å². The van der Waals surface area contributed by atoms with Crippen LogP contribution in [0.4, 0.5) is 10.2 Å². The summed E-state index contributed by atoms with van der Waals surface area (Å²) in [7, 11) is 0. The van der Waals surface area contributed by atoms with Crippen molar-refractivity contribution < 1.29 is 8.91 Å². The number of hydrogen-bond acceptors (Lipinski definition) is 6. The van der Waals surface area contributed by atoms with E-state index in [4.69, 9.17) is 9.51 Å². The first kappa shape index (κ1) is 20.2. The van der Waals surface area contributed by atoms with Crippen LogP contribution in [-0.4, -0.2) is 52.3 Å². The van der Waals surface area contributed by atoms with Crippen LogP contribution in [0.1, 0.15) is 36.3 Å². The predicted molar refractivity (Wildman–Crippen MR) is 117 cm³/mol. The Morgan fingerprint density at radius 1 is 1.13 bits per heavy atom. The van der Waals surface area contributed by atoms with Gasteiger partial charge in [-0.2, -0.15) is 0 Å². The van der Waals surface area contributed by atoms with Gasteiger partial charge < -0.3 is 9.42 Å². The molecule has 1 fully saturated rings. The highest BCUT2D eigenvalue weighted by Crippen LogP contribution is 2.27. The van der Waals surface area contributed by atoms with E-state index >= 15 is 0 Å². The summed E-state index contributed by atoms with van der Waals surface area (Å²) in [5.41, 5.74) is 2.43. The Morgan fingerprint density at radius 2 is 1.97 bits per heavy atom. The zero-order chi connectivity index (χ0) is 21.4. The van der Waals surface area contributed by atoms with Gasteiger partial charge in [0.25, 0.3) is 5.56 Å². The van der Waals surface area contributed by atoms with Crippen molar-refractivity contribution in [2.24, 2.45) is 0 Å². The third kappa shape index (κ3) is 3.96. The lowest BCUT2D eigenvalue weighted by molar-refractivity contribution is 0.253. The molecule has 0 amide bonds. The first-order valence-corrected chi connectivity index (χ1v) is 11.2. The summed E-state index contributed by atoms with van der Waals surface area (Å²) in [6.45, 7) is 7.28. The molecule has 31 heavy (non-hydrogen) atoms. The fraction of sp³-hybridized carbons (Fsp3) is 0.522. The molecule has 0 aliphatic carbocycles. The first-order valence-electron chi connectivity index (χ1n) is 11.2. The standard InChI is InChI=1S/C23H28FN5O2/c1-16-18(23(30)29-10-3-2-6-21(29)25-16)5-4-9-27-11-13-28(14-12-27)22-19-8-7-17(24)15-20(19)31-26-22/h7-8,15H,2-6,9-14H2,1H3. The summed E-state index contributed by atoms with van der Waals surface area (Å²) in [4.78, 5) is 22.2. The highest BCUT2D eigenvalue weighted by atomic mass is 19.1. The number of rotatable bonds is 5. The number of aryl methyl sites for hydroxylation is 2. The molecule has 0 atom stereocenters. The van der Waals surface area contributed by atoms with Gasteiger partial charge in [0.2, 0.25) is 0 Å². The minimum Gasteiger partial charge on any atom is -0.354 e. The van der Waals surface area contributed by atoms with Crippen LogP contribution in [0.2, 0.25) is 0 Å². The van der Waals surface area contributed by atoms with Gasteiger partial charge in [0, 0.05) is 56.5 Å². The van der Waals surface area contributed by atoms with Crippen molar-refractivity contribution in [2.75, 3.05) is 37.6 Å². The SMILES string of the molecule is Cc1nc2n(c(=O)c1CCCN1CCN(c3noc4cc(F)ccc34)CC1)CCCC2. The predicted octanol–water partition coefficient (Wildman–Crippen LogP) is 2.92. The molecule has 1 aromatic carbocycles. The third-order valence-electron chi connectivity index (χ3n) is 6.57. The van der Waals surface area contributed by atoms with E-state index in [0.29, 0.717) is 5.58 Å². The second-order valence-corrected chi connectivity index (χ2v) is 8.58. The Labute approximate surface area is 180 Å². The Morgan fingerprint density at radius 3 is 2.81 bits per heavy atom. The van der Waals surface area contributed by atoms with Crippen molar-refractivity contribution >= 4 is 16.8 Å². The molecule has 7 nitrogen and oxygen atoms in total. The molecule has 164 valence electrons. The van der Waals surface area contributed by atoms with Crippen LogP contribution < -0.4 is 10.5 Å². The van der Waals surface area contributed by atoms with Crippen molar-refractivity contribution in [2.45, 2.75) is 45.6 Å². The van der Waals surface area contributed by atoms with E-state index in [0.717, 1.165) is 99.7 Å². The number of piperazine rings is 1. The topological polar surface area (TPSA) is 67.4 Å². The maximum absolute atomic E-state index is 13.4. The summed E-state index contributed by atoms with van der Waals surface area (Å²) in [6.07, 6.45) is 4.83. The quantitative estimate of drug-likeness (QED) is 0.626. The second-order valence-electron chi connectivity index (χ2n) is 8.58. The van der Waals surface area contributed by atoms with Crippen molar-refractivity contribution in [3.05, 3.63) is 51.5 Å². The fourth-order valence-corrected chi connectivity index (χ4v) is 4.81. The molecule has 0 radical (unpaired) electrons. The Hall–Kier alpha value is -2.74. The van der Waals surface area contributed by atoms with Gasteiger partial charge in [-0.15, -0.1) is 0 Å². The molecule has 0 spiro atoms. The maximum Gasteiger partial charge on any atom is 0.256 e. The Balaban J connectivity index is 1.17. The van der Waals surface area contributed by atoms with Crippen LogP contribution in [0.25, 0.3) is 11.0 Å². The zero-order valence-corrected chi connectivity index (χ0v) is 17.9. The number of fused-ring (bicyclic) bond motifs is 2. The lowest BCUT2D eigenvalue weighted by atomic mass is 10.1. The fourth-order valence-electron chi connectivity index (χ4n) is 4.81. The molecule has 2 aliphatic rings. The summed E-state index contributed by atoms with van der Waals surface area (Å²) in [6, 6.07) is 4.55. The lowest BCUT2D eigenvalue weighted by Crippen LogP contribution is -2.47. The van der Waals surface area contributed by atoms with Gasteiger partial charge in [0.15, 0.2) is 11.4 Å². The number of nitrogens with zero attached hydrogens (tertiary/aromatic N) is 5. The Kier molecular flexibility index (Phi) is 5.48. The summed E-state index contributed by atoms with van der Waals surface area (Å²) < 4.78 is 20.6. The number of hydrogen-bond donors (Lipinski definition) is 0. The summed E-state index contributed by atoms with van der Waals surface area (Å²) >= 11 is 0. The normalized spacial score (nSPS) is 17.3. The van der Waals surface area contributed by atoms with Crippen LogP contribution in [0, 0.1) is 12.7 Å². The summed E-state index contributed by atoms with van der Waals surface area (Å²) in [5.74, 6) is 1.43. The van der Waals surface area contributed by atoms with Gasteiger partial charge in [-0.05, 0) is 51.3 Å². The van der Waals surface area contributed by atoms with E-state index in [2.05, 4.69) is 15.0 Å². The number of benzene rings is 1. The van der Waals surface area contributed by atoms with Gasteiger partial charge in [0.05, 0.1) is 5.39 Å². The number of anilines is 1. The Bertz CT molecular complexity index is 1150. The molecule has 0 bridgehead atoms. The molecule has 3 aromatic rings. The molecule has 2 aliphatic heterocycles. The van der Waals surface area contributed by atoms with Crippen molar-refractivity contribution in [1.29, 1.82) is 0 Å². The third-order valence-corrected chi connectivity index (χ3v) is 6.57. The van der Waals surface area contributed by atoms with E-state index in [1.807, 2.05) is 11.5 Å². The zero-order valence-electron chi connectivity index (χ0n) is 17.9. The average Bonchev–Trinajstić information content (AvgIpc) is 3.19. The minimum absolute atomic E-state index is 0.168. The molecule has 0 unspecified atom stereocenters. The molecule has 5 rings (SSSR count). The van der Waals surface area contributed by atoms with Crippen LogP contribution >= 0.6 is 0 Å². The van der Waals surface area contributed by atoms with Crippen LogP contribution in [-0.2, 0) is 19.4 Å². The molecular weight excluding hydrogens is 397 g/mol.